The molecule has 0 amide bonds. The Kier molecular flexibility index (Phi) is 5.69. The summed E-state index contributed by atoms with van der Waals surface area (Å²) in [6, 6.07) is 12.0. The summed E-state index contributed by atoms with van der Waals surface area (Å²) in [5.74, 6) is 1.17. The Hall–Kier alpha value is -2.07. The number of ether oxygens (including phenoxy) is 1. The highest BCUT2D eigenvalue weighted by Gasteiger charge is 2.65. The van der Waals surface area contributed by atoms with Crippen LogP contribution in [0.2, 0.25) is 0 Å². The molecule has 1 saturated heterocycles. The van der Waals surface area contributed by atoms with Crippen LogP contribution in [0, 0.1) is 17.3 Å². The van der Waals surface area contributed by atoms with Crippen LogP contribution < -0.4 is 0 Å². The zero-order valence-corrected chi connectivity index (χ0v) is 18.8. The van der Waals surface area contributed by atoms with Gasteiger partial charge < -0.3 is 4.74 Å². The summed E-state index contributed by atoms with van der Waals surface area (Å²) in [5, 5.41) is 0. The van der Waals surface area contributed by atoms with Gasteiger partial charge in [-0.2, -0.15) is 8.78 Å². The van der Waals surface area contributed by atoms with Crippen molar-refractivity contribution in [3.05, 3.63) is 70.8 Å². The number of hydrogen-bond acceptors (Lipinski definition) is 2. The summed E-state index contributed by atoms with van der Waals surface area (Å²) in [7, 11) is 0. The van der Waals surface area contributed by atoms with E-state index in [4.69, 9.17) is 4.74 Å². The summed E-state index contributed by atoms with van der Waals surface area (Å²) in [4.78, 5) is 11.8. The maximum Gasteiger partial charge on any atom is 0.272 e. The maximum absolute atomic E-state index is 13.7. The van der Waals surface area contributed by atoms with Crippen LogP contribution in [-0.4, -0.2) is 18.0 Å². The highest BCUT2D eigenvalue weighted by molar-refractivity contribution is 5.93. The zero-order valence-electron chi connectivity index (χ0n) is 18.8. The fraction of sp³-hybridized carbons (Fsp3) is 0.536. The molecule has 1 aromatic carbocycles. The summed E-state index contributed by atoms with van der Waals surface area (Å²) in [6.07, 6.45) is 7.90. The molecule has 0 aromatic heterocycles. The van der Waals surface area contributed by atoms with Crippen LogP contribution in [0.5, 0.6) is 0 Å². The molecule has 1 spiro atoms. The number of ketones is 1. The van der Waals surface area contributed by atoms with E-state index in [0.717, 1.165) is 44.9 Å². The zero-order chi connectivity index (χ0) is 22.3. The average molecular weight is 439 g/mol. The Balaban J connectivity index is 0.000000314. The minimum atomic E-state index is -1.51. The van der Waals surface area contributed by atoms with E-state index in [0.29, 0.717) is 36.9 Å². The lowest BCUT2D eigenvalue weighted by atomic mass is 9.54. The predicted octanol–water partition coefficient (Wildman–Crippen LogP) is 7.19. The first kappa shape index (κ1) is 21.8. The fourth-order valence-electron chi connectivity index (χ4n) is 7.51. The van der Waals surface area contributed by atoms with E-state index >= 15 is 0 Å². The summed E-state index contributed by atoms with van der Waals surface area (Å²) < 4.78 is 33.6. The molecule has 3 unspecified atom stereocenters. The van der Waals surface area contributed by atoms with Crippen molar-refractivity contribution in [1.29, 1.82) is 0 Å². The van der Waals surface area contributed by atoms with Crippen molar-refractivity contribution in [2.24, 2.45) is 17.3 Å². The van der Waals surface area contributed by atoms with Crippen LogP contribution in [0.4, 0.5) is 8.78 Å². The summed E-state index contributed by atoms with van der Waals surface area (Å²) >= 11 is 0. The van der Waals surface area contributed by atoms with Crippen LogP contribution >= 0.6 is 0 Å². The van der Waals surface area contributed by atoms with E-state index in [1.54, 1.807) is 5.57 Å². The van der Waals surface area contributed by atoms with Gasteiger partial charge in [-0.15, -0.1) is 0 Å². The molecule has 2 nitrogen and oxygen atoms in total. The SMILES string of the molecule is CC12CCC3=C4CCC(=O)C=C4CCC3C1CC[C@]21OCCC1=C(F)F.c1ccccc1. The quantitative estimate of drug-likeness (QED) is 0.428. The van der Waals surface area contributed by atoms with E-state index in [9.17, 15) is 13.6 Å². The molecule has 1 aromatic rings. The van der Waals surface area contributed by atoms with Gasteiger partial charge in [0.2, 0.25) is 0 Å². The van der Waals surface area contributed by atoms with Crippen molar-refractivity contribution in [1.82, 2.24) is 0 Å². The molecule has 2 saturated carbocycles. The van der Waals surface area contributed by atoms with Gasteiger partial charge in [-0.25, -0.2) is 0 Å². The monoisotopic (exact) mass is 438 g/mol. The first-order chi connectivity index (χ1) is 15.5. The summed E-state index contributed by atoms with van der Waals surface area (Å²) in [5.41, 5.74) is 3.60. The van der Waals surface area contributed by atoms with E-state index in [-0.39, 0.29) is 11.2 Å². The molecule has 5 aliphatic rings. The van der Waals surface area contributed by atoms with Gasteiger partial charge in [0.1, 0.15) is 5.60 Å². The van der Waals surface area contributed by atoms with Crippen LogP contribution in [-0.2, 0) is 9.53 Å². The molecule has 1 aliphatic heterocycles. The lowest BCUT2D eigenvalue weighted by Crippen LogP contribution is -2.50. The lowest BCUT2D eigenvalue weighted by molar-refractivity contribution is -0.114. The minimum Gasteiger partial charge on any atom is -0.370 e. The van der Waals surface area contributed by atoms with Gasteiger partial charge in [-0.3, -0.25) is 4.79 Å². The van der Waals surface area contributed by atoms with Crippen LogP contribution in [0.1, 0.15) is 64.7 Å². The smallest absolute Gasteiger partial charge is 0.272 e. The Morgan fingerprint density at radius 3 is 2.34 bits per heavy atom. The van der Waals surface area contributed by atoms with Gasteiger partial charge in [-0.1, -0.05) is 48.9 Å². The highest BCUT2D eigenvalue weighted by atomic mass is 19.3. The van der Waals surface area contributed by atoms with Crippen molar-refractivity contribution in [2.75, 3.05) is 6.61 Å². The third-order valence-electron chi connectivity index (χ3n) is 8.93. The highest BCUT2D eigenvalue weighted by Crippen LogP contribution is 2.68. The average Bonchev–Trinajstić information content (AvgIpc) is 3.37. The van der Waals surface area contributed by atoms with E-state index in [1.807, 2.05) is 42.5 Å². The maximum atomic E-state index is 13.7. The molecule has 1 heterocycles. The molecule has 4 aliphatic carbocycles. The molecular weight excluding hydrogens is 406 g/mol. The van der Waals surface area contributed by atoms with Crippen LogP contribution in [0.3, 0.4) is 0 Å². The molecule has 4 atom stereocenters. The number of rotatable bonds is 0. The Bertz CT molecular complexity index is 961. The van der Waals surface area contributed by atoms with Crippen molar-refractivity contribution < 1.29 is 18.3 Å². The second kappa shape index (κ2) is 8.37. The van der Waals surface area contributed by atoms with Gasteiger partial charge >= 0.3 is 0 Å². The van der Waals surface area contributed by atoms with Gasteiger partial charge in [0, 0.05) is 23.8 Å². The first-order valence-corrected chi connectivity index (χ1v) is 12.1. The number of carbonyl (C=O) groups excluding carboxylic acids is 1. The standard InChI is InChI=1S/C22H26F2O2.C6H6/c1-21-9-6-16-15-5-3-14(25)12-13(15)2-4-17(16)18(21)7-10-22(21)19(20(23)24)8-11-26-22;1-2-4-6-5-3-1/h12,17-18H,2-11H2,1H3;1-6H/t17?,18?,21?,22-;/m1./s1. The predicted molar refractivity (Wildman–Crippen MR) is 121 cm³/mol. The molecule has 170 valence electrons. The molecule has 4 heteroatoms. The van der Waals surface area contributed by atoms with Gasteiger partial charge in [-0.05, 0) is 74.0 Å². The van der Waals surface area contributed by atoms with E-state index in [1.165, 1.54) is 11.1 Å². The van der Waals surface area contributed by atoms with Crippen molar-refractivity contribution in [2.45, 2.75) is 70.3 Å². The van der Waals surface area contributed by atoms with E-state index < -0.39 is 11.7 Å². The van der Waals surface area contributed by atoms with Gasteiger partial charge in [0.15, 0.2) is 5.78 Å². The Morgan fingerprint density at radius 1 is 0.938 bits per heavy atom. The first-order valence-electron chi connectivity index (χ1n) is 12.1. The van der Waals surface area contributed by atoms with Crippen molar-refractivity contribution in [3.63, 3.8) is 0 Å². The topological polar surface area (TPSA) is 26.3 Å². The van der Waals surface area contributed by atoms with Crippen LogP contribution in [0.15, 0.2) is 70.8 Å². The third kappa shape index (κ3) is 3.34. The van der Waals surface area contributed by atoms with Gasteiger partial charge in [0.25, 0.3) is 6.08 Å². The van der Waals surface area contributed by atoms with Crippen molar-refractivity contribution in [3.8, 4) is 0 Å². The fourth-order valence-corrected chi connectivity index (χ4v) is 7.51. The molecule has 0 bridgehead atoms. The van der Waals surface area contributed by atoms with E-state index in [2.05, 4.69) is 6.92 Å². The number of hydrogen-bond donors (Lipinski definition) is 0. The number of carbonyl (C=O) groups is 1. The molecule has 3 fully saturated rings. The van der Waals surface area contributed by atoms with Crippen molar-refractivity contribution >= 4 is 5.78 Å². The normalized spacial score (nSPS) is 35.5. The van der Waals surface area contributed by atoms with Gasteiger partial charge in [0.05, 0.1) is 6.61 Å². The summed E-state index contributed by atoms with van der Waals surface area (Å²) in [6.45, 7) is 2.65. The molecule has 0 radical (unpaired) electrons. The molecule has 32 heavy (non-hydrogen) atoms. The number of halogens is 2. The lowest BCUT2D eigenvalue weighted by Gasteiger charge is -2.52. The second-order valence-corrected chi connectivity index (χ2v) is 10.2. The Labute approximate surface area is 189 Å². The van der Waals surface area contributed by atoms with Crippen LogP contribution in [0.25, 0.3) is 0 Å². The Morgan fingerprint density at radius 2 is 1.66 bits per heavy atom. The molecular formula is C28H32F2O2. The molecule has 6 rings (SSSR count). The largest absolute Gasteiger partial charge is 0.370 e. The number of fused-ring (bicyclic) bond motifs is 5. The number of allylic oxidation sites excluding steroid dienone is 4. The minimum absolute atomic E-state index is 0.192. The number of benzene rings is 1. The second-order valence-electron chi connectivity index (χ2n) is 10.2. The molecule has 0 N–H and O–H groups in total. The third-order valence-corrected chi connectivity index (χ3v) is 8.93.